The number of nitro benzene ring substituents is 1. The highest BCUT2D eigenvalue weighted by Gasteiger charge is 2.21. The van der Waals surface area contributed by atoms with E-state index in [2.05, 4.69) is 23.2 Å². The summed E-state index contributed by atoms with van der Waals surface area (Å²) < 4.78 is 0. The Labute approximate surface area is 160 Å². The van der Waals surface area contributed by atoms with E-state index in [9.17, 15) is 14.9 Å². The number of hydrogen-bond acceptors (Lipinski definition) is 5. The molecule has 1 unspecified atom stereocenters. The highest BCUT2D eigenvalue weighted by atomic mass is 35.5. The summed E-state index contributed by atoms with van der Waals surface area (Å²) in [4.78, 5) is 26.0. The summed E-state index contributed by atoms with van der Waals surface area (Å²) in [6, 6.07) is 12.1. The minimum absolute atomic E-state index is 0.111. The molecule has 2 aromatic carbocycles. The molecule has 6 nitrogen and oxygen atoms in total. The number of anilines is 2. The number of amides is 1. The van der Waals surface area contributed by atoms with E-state index in [1.165, 1.54) is 23.1 Å². The molecule has 136 valence electrons. The number of rotatable bonds is 4. The van der Waals surface area contributed by atoms with E-state index in [1.54, 1.807) is 0 Å². The number of nitrogens with one attached hydrogen (secondary N) is 1. The number of fused-ring (bicyclic) bond motifs is 1. The maximum Gasteiger partial charge on any atom is 0.271 e. The summed E-state index contributed by atoms with van der Waals surface area (Å²) in [5.74, 6) is -0.213. The number of benzene rings is 2. The number of nitrogens with zero attached hydrogens (tertiary/aromatic N) is 2. The van der Waals surface area contributed by atoms with Gasteiger partial charge in [0.2, 0.25) is 5.91 Å². The lowest BCUT2D eigenvalue weighted by Gasteiger charge is -2.24. The van der Waals surface area contributed by atoms with E-state index >= 15 is 0 Å². The molecule has 2 aromatic rings. The SMILES string of the molecule is CC1CCN(CC(=O)Nc2ccc([N+](=O)[O-])cc2Cl)c2ccccc2S1. The number of hydrogen-bond donors (Lipinski definition) is 1. The van der Waals surface area contributed by atoms with Gasteiger partial charge >= 0.3 is 0 Å². The van der Waals surface area contributed by atoms with Gasteiger partial charge in [-0.1, -0.05) is 30.7 Å². The molecule has 1 aliphatic rings. The fraction of sp³-hybridized carbons (Fsp3) is 0.278. The smallest absolute Gasteiger partial charge is 0.271 e. The van der Waals surface area contributed by atoms with Gasteiger partial charge in [0, 0.05) is 28.8 Å². The minimum atomic E-state index is -0.523. The first-order valence-electron chi connectivity index (χ1n) is 8.18. The third kappa shape index (κ3) is 4.28. The number of carbonyl (C=O) groups is 1. The van der Waals surface area contributed by atoms with Crippen LogP contribution in [-0.4, -0.2) is 29.2 Å². The van der Waals surface area contributed by atoms with Crippen molar-refractivity contribution in [3.63, 3.8) is 0 Å². The zero-order chi connectivity index (χ0) is 18.7. The summed E-state index contributed by atoms with van der Waals surface area (Å²) in [6.07, 6.45) is 0.977. The maximum absolute atomic E-state index is 12.5. The van der Waals surface area contributed by atoms with Crippen LogP contribution in [0.5, 0.6) is 0 Å². The molecule has 1 aliphatic heterocycles. The van der Waals surface area contributed by atoms with Crippen LogP contribution in [0.15, 0.2) is 47.4 Å². The van der Waals surface area contributed by atoms with E-state index in [0.29, 0.717) is 10.9 Å². The number of para-hydroxylation sites is 1. The Hall–Kier alpha value is -2.25. The Morgan fingerprint density at radius 2 is 2.15 bits per heavy atom. The lowest BCUT2D eigenvalue weighted by Crippen LogP contribution is -2.34. The average molecular weight is 392 g/mol. The van der Waals surface area contributed by atoms with Crippen molar-refractivity contribution in [2.45, 2.75) is 23.5 Å². The summed E-state index contributed by atoms with van der Waals surface area (Å²) in [5.41, 5.74) is 1.31. The van der Waals surface area contributed by atoms with E-state index in [1.807, 2.05) is 30.0 Å². The van der Waals surface area contributed by atoms with Crippen molar-refractivity contribution < 1.29 is 9.72 Å². The van der Waals surface area contributed by atoms with Gasteiger partial charge in [-0.05, 0) is 24.6 Å². The Morgan fingerprint density at radius 3 is 2.88 bits per heavy atom. The van der Waals surface area contributed by atoms with E-state index in [0.717, 1.165) is 18.7 Å². The summed E-state index contributed by atoms with van der Waals surface area (Å²) in [6.45, 7) is 3.16. The van der Waals surface area contributed by atoms with Gasteiger partial charge in [0.1, 0.15) is 0 Å². The van der Waals surface area contributed by atoms with Crippen LogP contribution in [0.3, 0.4) is 0 Å². The van der Waals surface area contributed by atoms with Crippen molar-refractivity contribution in [1.29, 1.82) is 0 Å². The van der Waals surface area contributed by atoms with Gasteiger partial charge in [-0.3, -0.25) is 14.9 Å². The third-order valence-electron chi connectivity index (χ3n) is 4.11. The number of halogens is 1. The first-order chi connectivity index (χ1) is 12.4. The van der Waals surface area contributed by atoms with Crippen LogP contribution in [0.25, 0.3) is 0 Å². The van der Waals surface area contributed by atoms with Gasteiger partial charge in [0.25, 0.3) is 5.69 Å². The molecule has 1 atom stereocenters. The van der Waals surface area contributed by atoms with Crippen molar-refractivity contribution in [3.05, 3.63) is 57.6 Å². The minimum Gasteiger partial charge on any atom is -0.361 e. The maximum atomic E-state index is 12.5. The number of carbonyl (C=O) groups excluding carboxylic acids is 1. The predicted molar refractivity (Wildman–Crippen MR) is 105 cm³/mol. The first-order valence-corrected chi connectivity index (χ1v) is 9.44. The van der Waals surface area contributed by atoms with Crippen molar-refractivity contribution in [2.75, 3.05) is 23.3 Å². The highest BCUT2D eigenvalue weighted by molar-refractivity contribution is 8.00. The van der Waals surface area contributed by atoms with Crippen molar-refractivity contribution in [1.82, 2.24) is 0 Å². The molecule has 8 heteroatoms. The highest BCUT2D eigenvalue weighted by Crippen LogP contribution is 2.37. The Balaban J connectivity index is 1.73. The van der Waals surface area contributed by atoms with Crippen LogP contribution in [0, 0.1) is 10.1 Å². The molecular formula is C18H18ClN3O3S. The fourth-order valence-corrected chi connectivity index (χ4v) is 4.15. The van der Waals surface area contributed by atoms with Crippen LogP contribution >= 0.6 is 23.4 Å². The van der Waals surface area contributed by atoms with Crippen molar-refractivity contribution in [2.24, 2.45) is 0 Å². The molecule has 0 aromatic heterocycles. The van der Waals surface area contributed by atoms with Gasteiger partial charge in [-0.15, -0.1) is 11.8 Å². The molecule has 0 bridgehead atoms. The zero-order valence-electron chi connectivity index (χ0n) is 14.1. The van der Waals surface area contributed by atoms with Gasteiger partial charge in [0.15, 0.2) is 0 Å². The monoisotopic (exact) mass is 391 g/mol. The predicted octanol–water partition coefficient (Wildman–Crippen LogP) is 4.58. The van der Waals surface area contributed by atoms with Crippen LogP contribution in [0.2, 0.25) is 5.02 Å². The standard InChI is InChI=1S/C18H18ClN3O3S/c1-12-8-9-21(16-4-2-3-5-17(16)26-12)11-18(23)20-15-7-6-13(22(24)25)10-14(15)19/h2-7,10,12H,8-9,11H2,1H3,(H,20,23). The quantitative estimate of drug-likeness (QED) is 0.610. The summed E-state index contributed by atoms with van der Waals surface area (Å²) in [7, 11) is 0. The van der Waals surface area contributed by atoms with Crippen LogP contribution in [0.4, 0.5) is 17.1 Å². The first kappa shape index (κ1) is 18.5. The normalized spacial score (nSPS) is 16.5. The number of thioether (sulfide) groups is 1. The molecule has 0 spiro atoms. The van der Waals surface area contributed by atoms with E-state index in [-0.39, 0.29) is 23.2 Å². The fourth-order valence-electron chi connectivity index (χ4n) is 2.80. The number of nitro groups is 1. The lowest BCUT2D eigenvalue weighted by molar-refractivity contribution is -0.384. The lowest BCUT2D eigenvalue weighted by atomic mass is 10.2. The van der Waals surface area contributed by atoms with Gasteiger partial charge in [0.05, 0.1) is 27.9 Å². The number of non-ortho nitro benzene ring substituents is 1. The molecule has 0 radical (unpaired) electrons. The van der Waals surface area contributed by atoms with Gasteiger partial charge in [-0.25, -0.2) is 0 Å². The second-order valence-electron chi connectivity index (χ2n) is 6.08. The third-order valence-corrected chi connectivity index (χ3v) is 5.66. The van der Waals surface area contributed by atoms with Crippen LogP contribution in [0.1, 0.15) is 13.3 Å². The second kappa shape index (κ2) is 7.97. The summed E-state index contributed by atoms with van der Waals surface area (Å²) in [5, 5.41) is 14.1. The van der Waals surface area contributed by atoms with Crippen molar-refractivity contribution >= 4 is 46.3 Å². The van der Waals surface area contributed by atoms with Gasteiger partial charge in [-0.2, -0.15) is 0 Å². The summed E-state index contributed by atoms with van der Waals surface area (Å²) >= 11 is 7.87. The molecule has 1 N–H and O–H groups in total. The molecule has 1 amide bonds. The molecule has 26 heavy (non-hydrogen) atoms. The van der Waals surface area contributed by atoms with Crippen LogP contribution in [-0.2, 0) is 4.79 Å². The van der Waals surface area contributed by atoms with Crippen molar-refractivity contribution in [3.8, 4) is 0 Å². The van der Waals surface area contributed by atoms with Gasteiger partial charge < -0.3 is 10.2 Å². The average Bonchev–Trinajstić information content (AvgIpc) is 2.75. The largest absolute Gasteiger partial charge is 0.361 e. The Kier molecular flexibility index (Phi) is 5.68. The van der Waals surface area contributed by atoms with Crippen LogP contribution < -0.4 is 10.2 Å². The molecular weight excluding hydrogens is 374 g/mol. The van der Waals surface area contributed by atoms with E-state index < -0.39 is 4.92 Å². The molecule has 0 fully saturated rings. The molecule has 0 aliphatic carbocycles. The topological polar surface area (TPSA) is 75.5 Å². The Bertz CT molecular complexity index is 846. The second-order valence-corrected chi connectivity index (χ2v) is 7.96. The Morgan fingerprint density at radius 1 is 1.38 bits per heavy atom. The molecule has 3 rings (SSSR count). The molecule has 0 saturated heterocycles. The van der Waals surface area contributed by atoms with E-state index in [4.69, 9.17) is 11.6 Å². The molecule has 1 heterocycles. The zero-order valence-corrected chi connectivity index (χ0v) is 15.7. The molecule has 0 saturated carbocycles.